The molecule has 3 rings (SSSR count). The number of carbonyl (C=O) groups excluding carboxylic acids is 1. The van der Waals surface area contributed by atoms with Gasteiger partial charge in [-0.15, -0.1) is 0 Å². The van der Waals surface area contributed by atoms with Crippen LogP contribution >= 0.6 is 0 Å². The van der Waals surface area contributed by atoms with Crippen molar-refractivity contribution in [2.24, 2.45) is 5.41 Å². The molecular formula is C17H24N2O3. The van der Waals surface area contributed by atoms with Gasteiger partial charge in [-0.3, -0.25) is 4.79 Å². The van der Waals surface area contributed by atoms with Crippen molar-refractivity contribution in [1.82, 2.24) is 5.32 Å². The van der Waals surface area contributed by atoms with Gasteiger partial charge in [0.2, 0.25) is 5.91 Å². The Morgan fingerprint density at radius 2 is 2.09 bits per heavy atom. The fraction of sp³-hybridized carbons (Fsp3) is 0.588. The maximum absolute atomic E-state index is 11.8. The van der Waals surface area contributed by atoms with E-state index in [1.165, 1.54) is 5.56 Å². The molecule has 1 atom stereocenters. The monoisotopic (exact) mass is 304 g/mol. The van der Waals surface area contributed by atoms with Crippen LogP contribution in [0.5, 0.6) is 0 Å². The summed E-state index contributed by atoms with van der Waals surface area (Å²) in [5.41, 5.74) is 2.05. The van der Waals surface area contributed by atoms with E-state index in [4.69, 9.17) is 4.74 Å². The van der Waals surface area contributed by atoms with E-state index < -0.39 is 0 Å². The lowest BCUT2D eigenvalue weighted by Gasteiger charge is -2.40. The van der Waals surface area contributed by atoms with Gasteiger partial charge < -0.3 is 20.1 Å². The van der Waals surface area contributed by atoms with Gasteiger partial charge in [0.15, 0.2) is 0 Å². The van der Waals surface area contributed by atoms with Crippen LogP contribution in [-0.4, -0.2) is 43.9 Å². The van der Waals surface area contributed by atoms with Crippen LogP contribution in [0.25, 0.3) is 0 Å². The standard InChI is InChI=1S/C17H24N2O3/c1-13(18-9-17(10-20)11-22-12-17)14-4-6-15(7-5-14)19-8-2-3-16(19)21/h4-7,13,18,20H,2-3,8-12H2,1H3. The molecule has 0 aliphatic carbocycles. The average Bonchev–Trinajstić information content (AvgIpc) is 2.93. The maximum atomic E-state index is 11.8. The first-order valence-corrected chi connectivity index (χ1v) is 7.96. The van der Waals surface area contributed by atoms with Gasteiger partial charge in [-0.2, -0.15) is 0 Å². The van der Waals surface area contributed by atoms with Crippen molar-refractivity contribution in [2.75, 3.05) is 37.8 Å². The molecule has 0 bridgehead atoms. The number of anilines is 1. The van der Waals surface area contributed by atoms with E-state index in [1.807, 2.05) is 17.0 Å². The van der Waals surface area contributed by atoms with E-state index in [0.29, 0.717) is 19.6 Å². The molecule has 120 valence electrons. The number of hydrogen-bond acceptors (Lipinski definition) is 4. The van der Waals surface area contributed by atoms with Crippen molar-refractivity contribution in [2.45, 2.75) is 25.8 Å². The van der Waals surface area contributed by atoms with E-state index in [-0.39, 0.29) is 24.0 Å². The molecule has 2 aliphatic rings. The maximum Gasteiger partial charge on any atom is 0.227 e. The highest BCUT2D eigenvalue weighted by Gasteiger charge is 2.38. The SMILES string of the molecule is CC(NCC1(CO)COC1)c1ccc(N2CCCC2=O)cc1. The lowest BCUT2D eigenvalue weighted by molar-refractivity contribution is -0.135. The van der Waals surface area contributed by atoms with E-state index >= 15 is 0 Å². The van der Waals surface area contributed by atoms with Gasteiger partial charge in [0, 0.05) is 31.2 Å². The molecule has 1 aromatic carbocycles. The molecule has 5 heteroatoms. The fourth-order valence-electron chi connectivity index (χ4n) is 2.99. The molecule has 1 aromatic rings. The van der Waals surface area contributed by atoms with Crippen LogP contribution in [-0.2, 0) is 9.53 Å². The summed E-state index contributed by atoms with van der Waals surface area (Å²) in [6.45, 7) is 5.09. The first-order chi connectivity index (χ1) is 10.6. The van der Waals surface area contributed by atoms with Crippen molar-refractivity contribution in [3.05, 3.63) is 29.8 Å². The Morgan fingerprint density at radius 1 is 1.36 bits per heavy atom. The minimum absolute atomic E-state index is 0.115. The highest BCUT2D eigenvalue weighted by Crippen LogP contribution is 2.27. The second-order valence-corrected chi connectivity index (χ2v) is 6.49. The molecule has 22 heavy (non-hydrogen) atoms. The zero-order chi connectivity index (χ0) is 15.6. The quantitative estimate of drug-likeness (QED) is 0.835. The number of benzene rings is 1. The molecule has 2 N–H and O–H groups in total. The van der Waals surface area contributed by atoms with Gasteiger partial charge in [-0.1, -0.05) is 12.1 Å². The summed E-state index contributed by atoms with van der Waals surface area (Å²) >= 11 is 0. The number of aliphatic hydroxyl groups is 1. The summed E-state index contributed by atoms with van der Waals surface area (Å²) in [6, 6.07) is 8.38. The second-order valence-electron chi connectivity index (χ2n) is 6.49. The highest BCUT2D eigenvalue weighted by atomic mass is 16.5. The Bertz CT molecular complexity index is 520. The number of nitrogens with zero attached hydrogens (tertiary/aromatic N) is 1. The van der Waals surface area contributed by atoms with Crippen molar-refractivity contribution < 1.29 is 14.6 Å². The van der Waals surface area contributed by atoms with Crippen LogP contribution in [0, 0.1) is 5.41 Å². The van der Waals surface area contributed by atoms with Crippen molar-refractivity contribution >= 4 is 11.6 Å². The number of ether oxygens (including phenoxy) is 1. The number of carbonyl (C=O) groups is 1. The zero-order valence-electron chi connectivity index (χ0n) is 13.0. The van der Waals surface area contributed by atoms with E-state index in [9.17, 15) is 9.90 Å². The van der Waals surface area contributed by atoms with Gasteiger partial charge >= 0.3 is 0 Å². The molecule has 5 nitrogen and oxygen atoms in total. The summed E-state index contributed by atoms with van der Waals surface area (Å²) in [7, 11) is 0. The summed E-state index contributed by atoms with van der Waals surface area (Å²) in [5.74, 6) is 0.216. The first kappa shape index (κ1) is 15.5. The molecule has 2 saturated heterocycles. The largest absolute Gasteiger partial charge is 0.396 e. The van der Waals surface area contributed by atoms with Crippen LogP contribution < -0.4 is 10.2 Å². The number of nitrogens with one attached hydrogen (secondary N) is 1. The van der Waals surface area contributed by atoms with Crippen molar-refractivity contribution in [3.8, 4) is 0 Å². The highest BCUT2D eigenvalue weighted by molar-refractivity contribution is 5.95. The predicted octanol–water partition coefficient (Wildman–Crippen LogP) is 1.47. The van der Waals surface area contributed by atoms with Crippen molar-refractivity contribution in [3.63, 3.8) is 0 Å². The first-order valence-electron chi connectivity index (χ1n) is 7.96. The molecule has 0 radical (unpaired) electrons. The number of hydrogen-bond donors (Lipinski definition) is 2. The van der Waals surface area contributed by atoms with Crippen LogP contribution in [0.4, 0.5) is 5.69 Å². The molecule has 2 heterocycles. The Labute approximate surface area is 131 Å². The normalized spacial score (nSPS) is 21.7. The van der Waals surface area contributed by atoms with Gasteiger partial charge in [-0.05, 0) is 31.0 Å². The van der Waals surface area contributed by atoms with Crippen molar-refractivity contribution in [1.29, 1.82) is 0 Å². The number of aliphatic hydroxyl groups excluding tert-OH is 1. The minimum Gasteiger partial charge on any atom is -0.396 e. The summed E-state index contributed by atoms with van der Waals surface area (Å²) in [6.07, 6.45) is 1.61. The van der Waals surface area contributed by atoms with E-state index in [2.05, 4.69) is 24.4 Å². The lowest BCUT2D eigenvalue weighted by atomic mass is 9.86. The third-order valence-corrected chi connectivity index (χ3v) is 4.71. The smallest absolute Gasteiger partial charge is 0.227 e. The molecule has 0 aromatic heterocycles. The molecular weight excluding hydrogens is 280 g/mol. The molecule has 0 saturated carbocycles. The van der Waals surface area contributed by atoms with Crippen LogP contribution in [0.3, 0.4) is 0 Å². The topological polar surface area (TPSA) is 61.8 Å². The zero-order valence-corrected chi connectivity index (χ0v) is 13.0. The van der Waals surface area contributed by atoms with E-state index in [0.717, 1.165) is 25.2 Å². The number of amides is 1. The van der Waals surface area contributed by atoms with Crippen LogP contribution in [0.1, 0.15) is 31.4 Å². The Balaban J connectivity index is 1.58. The summed E-state index contributed by atoms with van der Waals surface area (Å²) in [5, 5.41) is 12.9. The van der Waals surface area contributed by atoms with Gasteiger partial charge in [0.1, 0.15) is 0 Å². The lowest BCUT2D eigenvalue weighted by Crippen LogP contribution is -2.52. The average molecular weight is 304 g/mol. The molecule has 1 amide bonds. The van der Waals surface area contributed by atoms with Crippen LogP contribution in [0.2, 0.25) is 0 Å². The third-order valence-electron chi connectivity index (χ3n) is 4.71. The fourth-order valence-corrected chi connectivity index (χ4v) is 2.99. The van der Waals surface area contributed by atoms with E-state index in [1.54, 1.807) is 0 Å². The van der Waals surface area contributed by atoms with Gasteiger partial charge in [0.05, 0.1) is 25.2 Å². The summed E-state index contributed by atoms with van der Waals surface area (Å²) in [4.78, 5) is 13.6. The molecule has 0 spiro atoms. The summed E-state index contributed by atoms with van der Waals surface area (Å²) < 4.78 is 5.21. The Kier molecular flexibility index (Phi) is 4.47. The Hall–Kier alpha value is -1.43. The minimum atomic E-state index is -0.115. The third kappa shape index (κ3) is 3.02. The molecule has 1 unspecified atom stereocenters. The van der Waals surface area contributed by atoms with Crippen LogP contribution in [0.15, 0.2) is 24.3 Å². The molecule has 2 fully saturated rings. The second kappa shape index (κ2) is 6.36. The predicted molar refractivity (Wildman–Crippen MR) is 84.8 cm³/mol. The molecule has 2 aliphatic heterocycles. The number of rotatable bonds is 6. The van der Waals surface area contributed by atoms with Gasteiger partial charge in [-0.25, -0.2) is 0 Å². The van der Waals surface area contributed by atoms with Gasteiger partial charge in [0.25, 0.3) is 0 Å². The Morgan fingerprint density at radius 3 is 2.59 bits per heavy atom.